The van der Waals surface area contributed by atoms with Crippen LogP contribution in [0.1, 0.15) is 11.1 Å². The molecule has 0 amide bonds. The maximum absolute atomic E-state index is 3.43. The van der Waals surface area contributed by atoms with E-state index in [0.29, 0.717) is 0 Å². The van der Waals surface area contributed by atoms with Gasteiger partial charge in [-0.1, -0.05) is 56.1 Å². The lowest BCUT2D eigenvalue weighted by atomic mass is 10.1. The number of rotatable bonds is 3. The predicted molar refractivity (Wildman–Crippen MR) is 56.6 cm³/mol. The Hall–Kier alpha value is 0.180. The van der Waals surface area contributed by atoms with E-state index in [0.717, 1.165) is 17.1 Å². The molecule has 11 heavy (non-hydrogen) atoms. The first-order chi connectivity index (χ1) is 5.36. The van der Waals surface area contributed by atoms with Gasteiger partial charge in [0, 0.05) is 10.7 Å². The summed E-state index contributed by atoms with van der Waals surface area (Å²) < 4.78 is 0. The van der Waals surface area contributed by atoms with Crippen LogP contribution < -0.4 is 0 Å². The summed E-state index contributed by atoms with van der Waals surface area (Å²) in [5, 5.41) is 1.99. The van der Waals surface area contributed by atoms with E-state index in [1.54, 1.807) is 0 Å². The lowest BCUT2D eigenvalue weighted by Crippen LogP contribution is -1.86. The molecule has 0 radical (unpaired) electrons. The van der Waals surface area contributed by atoms with Gasteiger partial charge < -0.3 is 0 Å². The molecule has 0 atom stereocenters. The van der Waals surface area contributed by atoms with Crippen LogP contribution in [-0.2, 0) is 11.8 Å². The van der Waals surface area contributed by atoms with Gasteiger partial charge in [0.15, 0.2) is 0 Å². The first-order valence-electron chi connectivity index (χ1n) is 3.56. The Morgan fingerprint density at radius 1 is 1.09 bits per heavy atom. The fraction of sp³-hybridized carbons (Fsp3) is 0.333. The highest BCUT2D eigenvalue weighted by Gasteiger charge is 1.92. The molecular weight excluding hydrogens is 268 g/mol. The monoisotopic (exact) mass is 276 g/mol. The maximum atomic E-state index is 3.43. The Bertz CT molecular complexity index is 221. The lowest BCUT2D eigenvalue weighted by Gasteiger charge is -1.99. The van der Waals surface area contributed by atoms with E-state index in [2.05, 4.69) is 56.1 Å². The van der Waals surface area contributed by atoms with Crippen LogP contribution in [0.4, 0.5) is 0 Å². The molecule has 0 aliphatic carbocycles. The quantitative estimate of drug-likeness (QED) is 0.742. The van der Waals surface area contributed by atoms with Crippen LogP contribution in [-0.4, -0.2) is 5.33 Å². The molecule has 0 heterocycles. The molecule has 0 bridgehead atoms. The third-order valence-electron chi connectivity index (χ3n) is 1.53. The van der Waals surface area contributed by atoms with E-state index in [9.17, 15) is 0 Å². The van der Waals surface area contributed by atoms with Crippen molar-refractivity contribution < 1.29 is 0 Å². The predicted octanol–water partition coefficient (Wildman–Crippen LogP) is 3.52. The molecule has 1 rings (SSSR count). The SMILES string of the molecule is BrCCc1cccc(CBr)c1. The third-order valence-corrected chi connectivity index (χ3v) is 2.57. The van der Waals surface area contributed by atoms with Crippen molar-refractivity contribution in [2.24, 2.45) is 0 Å². The summed E-state index contributed by atoms with van der Waals surface area (Å²) in [6.45, 7) is 0. The van der Waals surface area contributed by atoms with Gasteiger partial charge in [-0.3, -0.25) is 0 Å². The standard InChI is InChI=1S/C9H10Br2/c10-5-4-8-2-1-3-9(6-8)7-11/h1-3,6H,4-5,7H2. The third kappa shape index (κ3) is 2.96. The van der Waals surface area contributed by atoms with Gasteiger partial charge in [0.05, 0.1) is 0 Å². The second kappa shape index (κ2) is 4.94. The Kier molecular flexibility index (Phi) is 4.16. The average molecular weight is 278 g/mol. The molecule has 0 N–H and O–H groups in total. The molecule has 1 aromatic carbocycles. The van der Waals surface area contributed by atoms with Crippen LogP contribution in [0.2, 0.25) is 0 Å². The Labute approximate surface area is 84.3 Å². The second-order valence-corrected chi connectivity index (χ2v) is 3.75. The molecule has 0 aliphatic rings. The minimum absolute atomic E-state index is 0.948. The Morgan fingerprint density at radius 3 is 2.45 bits per heavy atom. The molecule has 60 valence electrons. The van der Waals surface area contributed by atoms with Crippen molar-refractivity contribution in [2.45, 2.75) is 11.8 Å². The van der Waals surface area contributed by atoms with Crippen LogP contribution in [0, 0.1) is 0 Å². The fourth-order valence-corrected chi connectivity index (χ4v) is 1.78. The number of hydrogen-bond acceptors (Lipinski definition) is 0. The van der Waals surface area contributed by atoms with Gasteiger partial charge in [0.2, 0.25) is 0 Å². The van der Waals surface area contributed by atoms with Gasteiger partial charge in [-0.15, -0.1) is 0 Å². The average Bonchev–Trinajstić information content (AvgIpc) is 2.06. The summed E-state index contributed by atoms with van der Waals surface area (Å²) in [4.78, 5) is 0. The van der Waals surface area contributed by atoms with E-state index in [1.807, 2.05) is 0 Å². The molecule has 0 saturated heterocycles. The first kappa shape index (κ1) is 9.27. The van der Waals surface area contributed by atoms with Gasteiger partial charge >= 0.3 is 0 Å². The van der Waals surface area contributed by atoms with E-state index < -0.39 is 0 Å². The molecule has 0 unspecified atom stereocenters. The van der Waals surface area contributed by atoms with Gasteiger partial charge in [-0.2, -0.15) is 0 Å². The highest BCUT2D eigenvalue weighted by atomic mass is 79.9. The Morgan fingerprint density at radius 2 is 1.82 bits per heavy atom. The van der Waals surface area contributed by atoms with E-state index in [1.165, 1.54) is 11.1 Å². The number of benzene rings is 1. The fourth-order valence-electron chi connectivity index (χ4n) is 0.977. The van der Waals surface area contributed by atoms with Crippen LogP contribution in [0.25, 0.3) is 0 Å². The summed E-state index contributed by atoms with van der Waals surface area (Å²) in [6, 6.07) is 8.63. The van der Waals surface area contributed by atoms with Crippen LogP contribution in [0.15, 0.2) is 24.3 Å². The molecule has 0 fully saturated rings. The zero-order chi connectivity index (χ0) is 8.10. The maximum Gasteiger partial charge on any atom is 0.0283 e. The first-order valence-corrected chi connectivity index (χ1v) is 5.81. The zero-order valence-corrected chi connectivity index (χ0v) is 9.36. The summed E-state index contributed by atoms with van der Waals surface area (Å²) in [5.41, 5.74) is 2.75. The minimum Gasteiger partial charge on any atom is -0.0924 e. The molecule has 2 heteroatoms. The summed E-state index contributed by atoms with van der Waals surface area (Å²) >= 11 is 6.85. The lowest BCUT2D eigenvalue weighted by molar-refractivity contribution is 1.16. The van der Waals surface area contributed by atoms with Crippen molar-refractivity contribution in [1.82, 2.24) is 0 Å². The van der Waals surface area contributed by atoms with Gasteiger partial charge in [0.25, 0.3) is 0 Å². The Balaban J connectivity index is 2.74. The van der Waals surface area contributed by atoms with Crippen molar-refractivity contribution in [3.8, 4) is 0 Å². The van der Waals surface area contributed by atoms with Gasteiger partial charge in [-0.05, 0) is 17.5 Å². The van der Waals surface area contributed by atoms with Crippen molar-refractivity contribution in [1.29, 1.82) is 0 Å². The van der Waals surface area contributed by atoms with Crippen LogP contribution in [0.5, 0.6) is 0 Å². The number of halogens is 2. The van der Waals surface area contributed by atoms with Gasteiger partial charge in [0.1, 0.15) is 0 Å². The molecule has 0 aliphatic heterocycles. The normalized spacial score (nSPS) is 10.0. The summed E-state index contributed by atoms with van der Waals surface area (Å²) in [7, 11) is 0. The second-order valence-electron chi connectivity index (χ2n) is 2.39. The minimum atomic E-state index is 0.948. The van der Waals surface area contributed by atoms with E-state index in [-0.39, 0.29) is 0 Å². The van der Waals surface area contributed by atoms with E-state index in [4.69, 9.17) is 0 Å². The molecule has 0 nitrogen and oxygen atoms in total. The van der Waals surface area contributed by atoms with Crippen LogP contribution in [0.3, 0.4) is 0 Å². The summed E-state index contributed by atoms with van der Waals surface area (Å²) in [5.74, 6) is 0. The van der Waals surface area contributed by atoms with Crippen molar-refractivity contribution in [3.63, 3.8) is 0 Å². The topological polar surface area (TPSA) is 0 Å². The number of hydrogen-bond donors (Lipinski definition) is 0. The number of alkyl halides is 2. The van der Waals surface area contributed by atoms with Crippen LogP contribution >= 0.6 is 31.9 Å². The smallest absolute Gasteiger partial charge is 0.0283 e. The molecule has 0 saturated carbocycles. The van der Waals surface area contributed by atoms with Crippen molar-refractivity contribution in [2.75, 3.05) is 5.33 Å². The largest absolute Gasteiger partial charge is 0.0924 e. The zero-order valence-electron chi connectivity index (χ0n) is 6.19. The molecule has 1 aromatic rings. The number of aryl methyl sites for hydroxylation is 1. The van der Waals surface area contributed by atoms with Gasteiger partial charge in [-0.25, -0.2) is 0 Å². The van der Waals surface area contributed by atoms with E-state index >= 15 is 0 Å². The molecular formula is C9H10Br2. The highest BCUT2D eigenvalue weighted by Crippen LogP contribution is 2.09. The van der Waals surface area contributed by atoms with Crippen molar-refractivity contribution >= 4 is 31.9 Å². The summed E-state index contributed by atoms with van der Waals surface area (Å²) in [6.07, 6.45) is 1.11. The molecule has 0 aromatic heterocycles. The highest BCUT2D eigenvalue weighted by molar-refractivity contribution is 9.09. The molecule has 0 spiro atoms. The van der Waals surface area contributed by atoms with Crippen molar-refractivity contribution in [3.05, 3.63) is 35.4 Å².